The summed E-state index contributed by atoms with van der Waals surface area (Å²) >= 11 is 0. The van der Waals surface area contributed by atoms with Crippen molar-refractivity contribution in [2.24, 2.45) is 29.1 Å². The lowest BCUT2D eigenvalue weighted by Gasteiger charge is -2.26. The first-order valence-corrected chi connectivity index (χ1v) is 4.64. The number of hydrogen-bond acceptors (Lipinski definition) is 0. The summed E-state index contributed by atoms with van der Waals surface area (Å²) in [6, 6.07) is 0. The zero-order valence-corrected chi connectivity index (χ0v) is 7.52. The molecule has 0 nitrogen and oxygen atoms in total. The van der Waals surface area contributed by atoms with Gasteiger partial charge in [-0.15, -0.1) is 0 Å². The van der Waals surface area contributed by atoms with Gasteiger partial charge in [0.15, 0.2) is 0 Å². The van der Waals surface area contributed by atoms with Crippen molar-refractivity contribution in [2.75, 3.05) is 0 Å². The minimum Gasteiger partial charge on any atom is -0.0651 e. The third-order valence-electron chi connectivity index (χ3n) is 4.38. The molecule has 10 heavy (non-hydrogen) atoms. The average Bonchev–Trinajstić information content (AvgIpc) is 2.76. The Morgan fingerprint density at radius 2 is 1.90 bits per heavy atom. The van der Waals surface area contributed by atoms with E-state index in [0.29, 0.717) is 0 Å². The Morgan fingerprint density at radius 3 is 2.20 bits per heavy atom. The van der Waals surface area contributed by atoms with Gasteiger partial charge in [0.2, 0.25) is 0 Å². The van der Waals surface area contributed by atoms with Crippen molar-refractivity contribution in [3.8, 4) is 0 Å². The van der Waals surface area contributed by atoms with E-state index in [1.807, 2.05) is 0 Å². The van der Waals surface area contributed by atoms with Crippen LogP contribution in [-0.4, -0.2) is 0 Å². The molecule has 2 rings (SSSR count). The standard InChI is InChI=1S/C10H18/c1-5-6(2)10(4)8-7(3)9(8)10/h6-9H,5H2,1-4H3. The zero-order chi connectivity index (χ0) is 7.52. The fourth-order valence-corrected chi connectivity index (χ4v) is 3.18. The first-order valence-electron chi connectivity index (χ1n) is 4.64. The van der Waals surface area contributed by atoms with Crippen LogP contribution >= 0.6 is 0 Å². The van der Waals surface area contributed by atoms with Crippen molar-refractivity contribution in [1.82, 2.24) is 0 Å². The van der Waals surface area contributed by atoms with Crippen LogP contribution < -0.4 is 0 Å². The summed E-state index contributed by atoms with van der Waals surface area (Å²) in [6.07, 6.45) is 1.37. The van der Waals surface area contributed by atoms with Crippen LogP contribution in [0.2, 0.25) is 0 Å². The molecule has 0 saturated heterocycles. The van der Waals surface area contributed by atoms with Crippen LogP contribution in [0.3, 0.4) is 0 Å². The Morgan fingerprint density at radius 1 is 1.40 bits per heavy atom. The molecule has 0 aromatic heterocycles. The van der Waals surface area contributed by atoms with Crippen molar-refractivity contribution < 1.29 is 0 Å². The maximum atomic E-state index is 2.48. The van der Waals surface area contributed by atoms with E-state index in [0.717, 1.165) is 29.1 Å². The van der Waals surface area contributed by atoms with Crippen LogP contribution in [0.1, 0.15) is 34.1 Å². The molecular formula is C10H18. The molecule has 0 spiro atoms. The number of fused-ring (bicyclic) bond motifs is 1. The lowest BCUT2D eigenvalue weighted by Crippen LogP contribution is -2.20. The molecule has 58 valence electrons. The molecule has 2 fully saturated rings. The molecule has 2 aliphatic rings. The quantitative estimate of drug-likeness (QED) is 0.550. The Balaban J connectivity index is 1.97. The van der Waals surface area contributed by atoms with Gasteiger partial charge >= 0.3 is 0 Å². The van der Waals surface area contributed by atoms with Gasteiger partial charge in [0, 0.05) is 0 Å². The smallest absolute Gasteiger partial charge is 0.0232 e. The maximum Gasteiger partial charge on any atom is -0.0232 e. The van der Waals surface area contributed by atoms with Gasteiger partial charge < -0.3 is 0 Å². The van der Waals surface area contributed by atoms with Gasteiger partial charge in [-0.25, -0.2) is 0 Å². The molecular weight excluding hydrogens is 120 g/mol. The van der Waals surface area contributed by atoms with Crippen LogP contribution in [-0.2, 0) is 0 Å². The van der Waals surface area contributed by atoms with E-state index in [2.05, 4.69) is 27.7 Å². The molecule has 2 saturated carbocycles. The summed E-state index contributed by atoms with van der Waals surface area (Å²) in [6.45, 7) is 9.62. The van der Waals surface area contributed by atoms with E-state index in [9.17, 15) is 0 Å². The molecule has 3 unspecified atom stereocenters. The van der Waals surface area contributed by atoms with Crippen molar-refractivity contribution in [3.05, 3.63) is 0 Å². The van der Waals surface area contributed by atoms with Crippen LogP contribution in [0, 0.1) is 29.1 Å². The third-order valence-corrected chi connectivity index (χ3v) is 4.38. The molecule has 0 aromatic rings. The van der Waals surface area contributed by atoms with Gasteiger partial charge in [-0.05, 0) is 29.1 Å². The van der Waals surface area contributed by atoms with Crippen molar-refractivity contribution >= 4 is 0 Å². The van der Waals surface area contributed by atoms with Gasteiger partial charge in [-0.3, -0.25) is 0 Å². The van der Waals surface area contributed by atoms with Crippen LogP contribution in [0.15, 0.2) is 0 Å². The SMILES string of the molecule is CCC(C)C1(C)C2C(C)C21. The minimum atomic E-state index is 0.786. The molecule has 2 aliphatic carbocycles. The van der Waals surface area contributed by atoms with Crippen LogP contribution in [0.25, 0.3) is 0 Å². The van der Waals surface area contributed by atoms with Crippen molar-refractivity contribution in [1.29, 1.82) is 0 Å². The third kappa shape index (κ3) is 0.500. The van der Waals surface area contributed by atoms with E-state index < -0.39 is 0 Å². The summed E-state index contributed by atoms with van der Waals surface area (Å²) in [7, 11) is 0. The number of hydrogen-bond donors (Lipinski definition) is 0. The summed E-state index contributed by atoms with van der Waals surface area (Å²) in [5, 5.41) is 0. The highest BCUT2D eigenvalue weighted by Gasteiger charge is 2.79. The largest absolute Gasteiger partial charge is 0.0651 e. The summed E-state index contributed by atoms with van der Waals surface area (Å²) in [4.78, 5) is 0. The normalized spacial score (nSPS) is 59.4. The lowest BCUT2D eigenvalue weighted by atomic mass is 9.79. The highest BCUT2D eigenvalue weighted by Crippen LogP contribution is 2.83. The Labute approximate surface area is 64.0 Å². The molecule has 0 aliphatic heterocycles. The predicted molar refractivity (Wildman–Crippen MR) is 43.7 cm³/mol. The van der Waals surface area contributed by atoms with Gasteiger partial charge in [0.1, 0.15) is 0 Å². The second-order valence-corrected chi connectivity index (χ2v) is 4.59. The Hall–Kier alpha value is 0. The molecule has 0 amide bonds. The fraction of sp³-hybridized carbons (Fsp3) is 1.00. The zero-order valence-electron chi connectivity index (χ0n) is 7.52. The summed E-state index contributed by atoms with van der Waals surface area (Å²) < 4.78 is 0. The van der Waals surface area contributed by atoms with Crippen molar-refractivity contribution in [2.45, 2.75) is 34.1 Å². The molecule has 0 aromatic carbocycles. The van der Waals surface area contributed by atoms with Gasteiger partial charge in [-0.2, -0.15) is 0 Å². The van der Waals surface area contributed by atoms with E-state index in [4.69, 9.17) is 0 Å². The average molecular weight is 138 g/mol. The predicted octanol–water partition coefficient (Wildman–Crippen LogP) is 2.93. The van der Waals surface area contributed by atoms with E-state index in [-0.39, 0.29) is 0 Å². The summed E-state index contributed by atoms with van der Waals surface area (Å²) in [5.74, 6) is 4.31. The number of rotatable bonds is 2. The molecule has 0 bridgehead atoms. The molecule has 0 radical (unpaired) electrons. The van der Waals surface area contributed by atoms with E-state index >= 15 is 0 Å². The highest BCUT2D eigenvalue weighted by atomic mass is 14.8. The van der Waals surface area contributed by atoms with E-state index in [1.54, 1.807) is 0 Å². The topological polar surface area (TPSA) is 0 Å². The fourth-order valence-electron chi connectivity index (χ4n) is 3.18. The molecule has 0 heterocycles. The van der Waals surface area contributed by atoms with Crippen LogP contribution in [0.5, 0.6) is 0 Å². The van der Waals surface area contributed by atoms with Gasteiger partial charge in [0.25, 0.3) is 0 Å². The second-order valence-electron chi connectivity index (χ2n) is 4.59. The highest BCUT2D eigenvalue weighted by molar-refractivity contribution is 5.26. The molecule has 3 atom stereocenters. The molecule has 0 N–H and O–H groups in total. The van der Waals surface area contributed by atoms with E-state index in [1.165, 1.54) is 6.42 Å². The van der Waals surface area contributed by atoms with Gasteiger partial charge in [0.05, 0.1) is 0 Å². The van der Waals surface area contributed by atoms with Crippen molar-refractivity contribution in [3.63, 3.8) is 0 Å². The monoisotopic (exact) mass is 138 g/mol. The Bertz CT molecular complexity index is 149. The Kier molecular flexibility index (Phi) is 1.07. The molecule has 0 heteroatoms. The first-order chi connectivity index (χ1) is 4.64. The maximum absolute atomic E-state index is 2.48. The first kappa shape index (κ1) is 6.69. The second kappa shape index (κ2) is 1.60. The minimum absolute atomic E-state index is 0.786. The summed E-state index contributed by atoms with van der Waals surface area (Å²) in [5.41, 5.74) is 0.786. The van der Waals surface area contributed by atoms with Crippen LogP contribution in [0.4, 0.5) is 0 Å². The lowest BCUT2D eigenvalue weighted by molar-refractivity contribution is 0.223. The van der Waals surface area contributed by atoms with Gasteiger partial charge in [-0.1, -0.05) is 34.1 Å².